The van der Waals surface area contributed by atoms with Gasteiger partial charge in [-0.25, -0.2) is 0 Å². The number of ether oxygens (including phenoxy) is 2. The Balaban J connectivity index is 2.27. The van der Waals surface area contributed by atoms with E-state index in [0.717, 1.165) is 0 Å². The third-order valence-electron chi connectivity index (χ3n) is 3.33. The van der Waals surface area contributed by atoms with Gasteiger partial charge in [0.15, 0.2) is 5.78 Å². The van der Waals surface area contributed by atoms with Crippen molar-refractivity contribution in [3.8, 4) is 5.75 Å². The monoisotopic (exact) mass is 263 g/mol. The summed E-state index contributed by atoms with van der Waals surface area (Å²) in [6.07, 6.45) is 1.14. The van der Waals surface area contributed by atoms with Crippen LogP contribution in [-0.2, 0) is 4.74 Å². The van der Waals surface area contributed by atoms with Crippen molar-refractivity contribution in [2.24, 2.45) is 5.73 Å². The molecule has 4 heteroatoms. The third kappa shape index (κ3) is 3.14. The first-order valence-electron chi connectivity index (χ1n) is 6.70. The Hall–Kier alpha value is -1.39. The van der Waals surface area contributed by atoms with Crippen LogP contribution >= 0.6 is 0 Å². The molecule has 1 saturated heterocycles. The molecule has 19 heavy (non-hydrogen) atoms. The van der Waals surface area contributed by atoms with Gasteiger partial charge in [-0.05, 0) is 38.8 Å². The van der Waals surface area contributed by atoms with Crippen molar-refractivity contribution < 1.29 is 14.3 Å². The zero-order valence-electron chi connectivity index (χ0n) is 11.5. The van der Waals surface area contributed by atoms with Gasteiger partial charge in [-0.1, -0.05) is 12.1 Å². The summed E-state index contributed by atoms with van der Waals surface area (Å²) in [5, 5.41) is 0. The number of carbonyl (C=O) groups excluding carboxylic acids is 1. The molecule has 0 aromatic heterocycles. The van der Waals surface area contributed by atoms with Gasteiger partial charge in [-0.3, -0.25) is 4.79 Å². The van der Waals surface area contributed by atoms with E-state index < -0.39 is 5.54 Å². The van der Waals surface area contributed by atoms with Crippen molar-refractivity contribution in [3.05, 3.63) is 29.8 Å². The first-order chi connectivity index (χ1) is 9.03. The first kappa shape index (κ1) is 14.0. The number of rotatable bonds is 4. The molecule has 0 amide bonds. The fourth-order valence-electron chi connectivity index (χ4n) is 2.24. The summed E-state index contributed by atoms with van der Waals surface area (Å²) < 4.78 is 11.0. The molecule has 104 valence electrons. The summed E-state index contributed by atoms with van der Waals surface area (Å²) in [4.78, 5) is 12.7. The van der Waals surface area contributed by atoms with Crippen molar-refractivity contribution in [2.45, 2.75) is 38.3 Å². The number of ketones is 1. The van der Waals surface area contributed by atoms with Crippen LogP contribution in [0.4, 0.5) is 0 Å². The molecule has 1 heterocycles. The van der Waals surface area contributed by atoms with Crippen molar-refractivity contribution in [2.75, 3.05) is 13.2 Å². The number of hydrogen-bond donors (Lipinski definition) is 1. The Labute approximate surface area is 113 Å². The molecule has 1 aliphatic rings. The highest BCUT2D eigenvalue weighted by atomic mass is 16.5. The molecule has 1 aromatic rings. The minimum absolute atomic E-state index is 0.0253. The number of hydrogen-bond acceptors (Lipinski definition) is 4. The Bertz CT molecular complexity index is 450. The minimum Gasteiger partial charge on any atom is -0.490 e. The lowest BCUT2D eigenvalue weighted by molar-refractivity contribution is 0.0445. The van der Waals surface area contributed by atoms with Gasteiger partial charge in [0, 0.05) is 13.2 Å². The van der Waals surface area contributed by atoms with Gasteiger partial charge in [0.05, 0.1) is 17.2 Å². The van der Waals surface area contributed by atoms with Crippen LogP contribution in [0.1, 0.15) is 37.0 Å². The lowest BCUT2D eigenvalue weighted by Gasteiger charge is -2.32. The van der Waals surface area contributed by atoms with Crippen molar-refractivity contribution in [1.29, 1.82) is 0 Å². The summed E-state index contributed by atoms with van der Waals surface area (Å²) in [6, 6.07) is 7.30. The standard InChI is InChI=1S/C15H21NO3/c1-11(2)19-13-6-4-3-5-12(13)14(17)15(16)7-9-18-10-8-15/h3-6,11H,7-10,16H2,1-2H3. The molecule has 0 saturated carbocycles. The van der Waals surface area contributed by atoms with Gasteiger partial charge in [0.2, 0.25) is 0 Å². The Morgan fingerprint density at radius 1 is 1.32 bits per heavy atom. The van der Waals surface area contributed by atoms with Gasteiger partial charge in [-0.2, -0.15) is 0 Å². The molecule has 2 rings (SSSR count). The SMILES string of the molecule is CC(C)Oc1ccccc1C(=O)C1(N)CCOCC1. The van der Waals surface area contributed by atoms with Crippen LogP contribution in [0.15, 0.2) is 24.3 Å². The molecular weight excluding hydrogens is 242 g/mol. The lowest BCUT2D eigenvalue weighted by Crippen LogP contribution is -2.52. The molecule has 0 aliphatic carbocycles. The van der Waals surface area contributed by atoms with E-state index >= 15 is 0 Å². The Kier molecular flexibility index (Phi) is 4.22. The van der Waals surface area contributed by atoms with E-state index in [1.54, 1.807) is 6.07 Å². The summed E-state index contributed by atoms with van der Waals surface area (Å²) in [5.74, 6) is 0.561. The second-order valence-corrected chi connectivity index (χ2v) is 5.26. The zero-order valence-corrected chi connectivity index (χ0v) is 11.5. The maximum absolute atomic E-state index is 12.7. The van der Waals surface area contributed by atoms with Gasteiger partial charge >= 0.3 is 0 Å². The smallest absolute Gasteiger partial charge is 0.186 e. The van der Waals surface area contributed by atoms with Gasteiger partial charge in [0.25, 0.3) is 0 Å². The van der Waals surface area contributed by atoms with Gasteiger partial charge in [-0.15, -0.1) is 0 Å². The van der Waals surface area contributed by atoms with Gasteiger partial charge < -0.3 is 15.2 Å². The van der Waals surface area contributed by atoms with Crippen LogP contribution in [0.25, 0.3) is 0 Å². The fraction of sp³-hybridized carbons (Fsp3) is 0.533. The van der Waals surface area contributed by atoms with Crippen LogP contribution in [0, 0.1) is 0 Å². The molecule has 0 spiro atoms. The summed E-state index contributed by atoms with van der Waals surface area (Å²) in [7, 11) is 0. The Morgan fingerprint density at radius 3 is 2.58 bits per heavy atom. The third-order valence-corrected chi connectivity index (χ3v) is 3.33. The lowest BCUT2D eigenvalue weighted by atomic mass is 9.83. The maximum atomic E-state index is 12.7. The second-order valence-electron chi connectivity index (χ2n) is 5.26. The van der Waals surface area contributed by atoms with Crippen LogP contribution in [0.3, 0.4) is 0 Å². The first-order valence-corrected chi connectivity index (χ1v) is 6.70. The molecule has 0 unspecified atom stereocenters. The highest BCUT2D eigenvalue weighted by Gasteiger charge is 2.37. The van der Waals surface area contributed by atoms with E-state index in [-0.39, 0.29) is 11.9 Å². The molecule has 1 fully saturated rings. The van der Waals surface area contributed by atoms with Crippen LogP contribution in [-0.4, -0.2) is 30.6 Å². The molecule has 4 nitrogen and oxygen atoms in total. The predicted molar refractivity (Wildman–Crippen MR) is 73.5 cm³/mol. The average molecular weight is 263 g/mol. The maximum Gasteiger partial charge on any atom is 0.186 e. The highest BCUT2D eigenvalue weighted by Crippen LogP contribution is 2.28. The molecule has 0 radical (unpaired) electrons. The molecule has 0 atom stereocenters. The minimum atomic E-state index is -0.825. The largest absolute Gasteiger partial charge is 0.490 e. The highest BCUT2D eigenvalue weighted by molar-refractivity contribution is 6.05. The number of nitrogens with two attached hydrogens (primary N) is 1. The van der Waals surface area contributed by atoms with Crippen molar-refractivity contribution in [1.82, 2.24) is 0 Å². The van der Waals surface area contributed by atoms with E-state index in [4.69, 9.17) is 15.2 Å². The van der Waals surface area contributed by atoms with E-state index in [9.17, 15) is 4.79 Å². The normalized spacial score (nSPS) is 18.3. The van der Waals surface area contributed by atoms with E-state index in [2.05, 4.69) is 0 Å². The predicted octanol–water partition coefficient (Wildman–Crippen LogP) is 2.16. The number of benzene rings is 1. The van der Waals surface area contributed by atoms with Crippen molar-refractivity contribution in [3.63, 3.8) is 0 Å². The Morgan fingerprint density at radius 2 is 1.95 bits per heavy atom. The van der Waals surface area contributed by atoms with Crippen molar-refractivity contribution >= 4 is 5.78 Å². The number of para-hydroxylation sites is 1. The van der Waals surface area contributed by atoms with Crippen LogP contribution in [0.2, 0.25) is 0 Å². The molecular formula is C15H21NO3. The van der Waals surface area contributed by atoms with E-state index in [1.807, 2.05) is 32.0 Å². The summed E-state index contributed by atoms with van der Waals surface area (Å²) in [6.45, 7) is 4.95. The average Bonchev–Trinajstić information content (AvgIpc) is 2.39. The van der Waals surface area contributed by atoms with E-state index in [0.29, 0.717) is 37.4 Å². The van der Waals surface area contributed by atoms with Gasteiger partial charge in [0.1, 0.15) is 5.75 Å². The molecule has 2 N–H and O–H groups in total. The number of carbonyl (C=O) groups is 1. The van der Waals surface area contributed by atoms with Crippen LogP contribution in [0.5, 0.6) is 5.75 Å². The molecule has 1 aliphatic heterocycles. The molecule has 1 aromatic carbocycles. The quantitative estimate of drug-likeness (QED) is 0.846. The molecule has 0 bridgehead atoms. The summed E-state index contributed by atoms with van der Waals surface area (Å²) in [5.41, 5.74) is 5.99. The zero-order chi connectivity index (χ0) is 13.9. The summed E-state index contributed by atoms with van der Waals surface area (Å²) >= 11 is 0. The van der Waals surface area contributed by atoms with E-state index in [1.165, 1.54) is 0 Å². The fourth-order valence-corrected chi connectivity index (χ4v) is 2.24. The topological polar surface area (TPSA) is 61.5 Å². The number of Topliss-reactive ketones (excluding diaryl/α,β-unsaturated/α-hetero) is 1. The van der Waals surface area contributed by atoms with Crippen LogP contribution < -0.4 is 10.5 Å². The second kappa shape index (κ2) is 5.72.